The number of esters is 2. The summed E-state index contributed by atoms with van der Waals surface area (Å²) in [6.07, 6.45) is 4.92. The van der Waals surface area contributed by atoms with Gasteiger partial charge in [-0.2, -0.15) is 0 Å². The molecule has 1 fully saturated rings. The van der Waals surface area contributed by atoms with E-state index in [0.29, 0.717) is 12.0 Å². The Bertz CT molecular complexity index is 501. The molecule has 1 aliphatic carbocycles. The largest absolute Gasteiger partial charge is 0.466 e. The van der Waals surface area contributed by atoms with Crippen molar-refractivity contribution in [1.82, 2.24) is 0 Å². The van der Waals surface area contributed by atoms with Crippen molar-refractivity contribution in [2.24, 2.45) is 5.92 Å². The molecule has 2 aliphatic rings. The molecule has 110 valence electrons. The van der Waals surface area contributed by atoms with Gasteiger partial charge in [0.2, 0.25) is 0 Å². The van der Waals surface area contributed by atoms with Crippen LogP contribution in [-0.4, -0.2) is 24.6 Å². The molecule has 4 nitrogen and oxygen atoms in total. The van der Waals surface area contributed by atoms with E-state index in [2.05, 4.69) is 6.92 Å². The lowest BCUT2D eigenvalue weighted by atomic mass is 9.80. The van der Waals surface area contributed by atoms with Crippen LogP contribution in [0.25, 0.3) is 0 Å². The highest BCUT2D eigenvalue weighted by atomic mass is 16.6. The standard InChI is InChI=1S/C16H22O4/c1-10-5-6-13(12(3)15(18)19-4)9-11(2)16(10)8-7-14(17)20-16/h9-10H,5-8H2,1-4H3/b13-12-/t10-,16+/m1/s1. The van der Waals surface area contributed by atoms with Crippen molar-refractivity contribution < 1.29 is 19.1 Å². The maximum absolute atomic E-state index is 11.7. The van der Waals surface area contributed by atoms with Gasteiger partial charge in [0.05, 0.1) is 7.11 Å². The maximum atomic E-state index is 11.7. The van der Waals surface area contributed by atoms with Crippen molar-refractivity contribution in [1.29, 1.82) is 0 Å². The number of hydrogen-bond donors (Lipinski definition) is 0. The van der Waals surface area contributed by atoms with E-state index in [1.54, 1.807) is 6.92 Å². The molecule has 1 aliphatic heterocycles. The van der Waals surface area contributed by atoms with Gasteiger partial charge in [0.25, 0.3) is 0 Å². The average Bonchev–Trinajstić information content (AvgIpc) is 2.79. The molecule has 0 aromatic heterocycles. The van der Waals surface area contributed by atoms with Gasteiger partial charge in [0.15, 0.2) is 0 Å². The molecule has 0 amide bonds. The van der Waals surface area contributed by atoms with Crippen LogP contribution in [0, 0.1) is 5.92 Å². The van der Waals surface area contributed by atoms with Crippen molar-refractivity contribution in [2.45, 2.75) is 52.1 Å². The third kappa shape index (κ3) is 2.39. The van der Waals surface area contributed by atoms with Gasteiger partial charge in [-0.15, -0.1) is 0 Å². The Morgan fingerprint density at radius 1 is 1.45 bits per heavy atom. The highest BCUT2D eigenvalue weighted by Crippen LogP contribution is 2.45. The monoisotopic (exact) mass is 278 g/mol. The normalized spacial score (nSPS) is 32.5. The van der Waals surface area contributed by atoms with E-state index in [9.17, 15) is 9.59 Å². The Morgan fingerprint density at radius 2 is 2.15 bits per heavy atom. The molecule has 0 N–H and O–H groups in total. The molecule has 2 rings (SSSR count). The predicted molar refractivity (Wildman–Crippen MR) is 74.9 cm³/mol. The molecule has 4 heteroatoms. The Morgan fingerprint density at radius 3 is 2.70 bits per heavy atom. The first-order valence-corrected chi connectivity index (χ1v) is 7.09. The SMILES string of the molecule is COC(=O)/C(C)=C1\C=C(C)[C@]2(CCC(=O)O2)[C@H](C)CC1. The van der Waals surface area contributed by atoms with Gasteiger partial charge in [-0.1, -0.05) is 13.0 Å². The Labute approximate surface area is 119 Å². The number of methoxy groups -OCH3 is 1. The first-order chi connectivity index (χ1) is 9.40. The van der Waals surface area contributed by atoms with Gasteiger partial charge in [0.1, 0.15) is 5.60 Å². The smallest absolute Gasteiger partial charge is 0.333 e. The summed E-state index contributed by atoms with van der Waals surface area (Å²) in [6, 6.07) is 0. The second-order valence-corrected chi connectivity index (χ2v) is 5.77. The zero-order valence-corrected chi connectivity index (χ0v) is 12.6. The van der Waals surface area contributed by atoms with Crippen molar-refractivity contribution in [3.8, 4) is 0 Å². The van der Waals surface area contributed by atoms with Gasteiger partial charge in [-0.3, -0.25) is 4.79 Å². The van der Waals surface area contributed by atoms with Crippen LogP contribution >= 0.6 is 0 Å². The van der Waals surface area contributed by atoms with Crippen LogP contribution < -0.4 is 0 Å². The quantitative estimate of drug-likeness (QED) is 0.546. The van der Waals surface area contributed by atoms with E-state index < -0.39 is 5.60 Å². The zero-order chi connectivity index (χ0) is 14.9. The predicted octanol–water partition coefficient (Wildman–Crippen LogP) is 2.93. The molecule has 0 bridgehead atoms. The molecule has 0 saturated carbocycles. The summed E-state index contributed by atoms with van der Waals surface area (Å²) in [6.45, 7) is 5.89. The summed E-state index contributed by atoms with van der Waals surface area (Å²) in [5, 5.41) is 0. The van der Waals surface area contributed by atoms with Crippen LogP contribution in [0.3, 0.4) is 0 Å². The van der Waals surface area contributed by atoms with Gasteiger partial charge >= 0.3 is 11.9 Å². The van der Waals surface area contributed by atoms with Crippen LogP contribution in [-0.2, 0) is 19.1 Å². The summed E-state index contributed by atoms with van der Waals surface area (Å²) in [4.78, 5) is 23.2. The minimum atomic E-state index is -0.477. The van der Waals surface area contributed by atoms with Crippen molar-refractivity contribution in [3.05, 3.63) is 22.8 Å². The van der Waals surface area contributed by atoms with Crippen LogP contribution in [0.5, 0.6) is 0 Å². The van der Waals surface area contributed by atoms with E-state index in [0.717, 1.165) is 30.4 Å². The van der Waals surface area contributed by atoms with Gasteiger partial charge < -0.3 is 9.47 Å². The molecular formula is C16H22O4. The number of allylic oxidation sites excluding steroid dienone is 2. The first-order valence-electron chi connectivity index (χ1n) is 7.09. The van der Waals surface area contributed by atoms with E-state index in [1.165, 1.54) is 7.11 Å². The second-order valence-electron chi connectivity index (χ2n) is 5.77. The minimum Gasteiger partial charge on any atom is -0.466 e. The van der Waals surface area contributed by atoms with Crippen LogP contribution in [0.15, 0.2) is 22.8 Å². The molecule has 0 aromatic rings. The third-order valence-electron chi connectivity index (χ3n) is 4.67. The van der Waals surface area contributed by atoms with Crippen LogP contribution in [0.1, 0.15) is 46.5 Å². The first kappa shape index (κ1) is 14.8. The number of carbonyl (C=O) groups is 2. The number of hydrogen-bond acceptors (Lipinski definition) is 4. The Hall–Kier alpha value is -1.58. The molecule has 0 unspecified atom stereocenters. The van der Waals surface area contributed by atoms with Crippen LogP contribution in [0.2, 0.25) is 0 Å². The van der Waals surface area contributed by atoms with Crippen molar-refractivity contribution >= 4 is 11.9 Å². The van der Waals surface area contributed by atoms with Gasteiger partial charge in [-0.25, -0.2) is 4.79 Å². The highest BCUT2D eigenvalue weighted by molar-refractivity contribution is 5.89. The molecule has 1 heterocycles. The summed E-state index contributed by atoms with van der Waals surface area (Å²) in [7, 11) is 1.39. The number of rotatable bonds is 1. The lowest BCUT2D eigenvalue weighted by molar-refractivity contribution is -0.149. The lowest BCUT2D eigenvalue weighted by Crippen LogP contribution is -2.37. The molecular weight excluding hydrogens is 256 g/mol. The van der Waals surface area contributed by atoms with Crippen molar-refractivity contribution in [3.63, 3.8) is 0 Å². The topological polar surface area (TPSA) is 52.6 Å². The van der Waals surface area contributed by atoms with Crippen LogP contribution in [0.4, 0.5) is 0 Å². The molecule has 1 spiro atoms. The fourth-order valence-corrected chi connectivity index (χ4v) is 3.25. The molecule has 2 atom stereocenters. The fraction of sp³-hybridized carbons (Fsp3) is 0.625. The Kier molecular flexibility index (Phi) is 4.02. The number of carbonyl (C=O) groups excluding carboxylic acids is 2. The summed E-state index contributed by atoms with van der Waals surface area (Å²) in [5.41, 5.74) is 2.18. The molecule has 20 heavy (non-hydrogen) atoms. The highest BCUT2D eigenvalue weighted by Gasteiger charge is 2.47. The maximum Gasteiger partial charge on any atom is 0.333 e. The fourth-order valence-electron chi connectivity index (χ4n) is 3.25. The third-order valence-corrected chi connectivity index (χ3v) is 4.67. The van der Waals surface area contributed by atoms with E-state index in [1.807, 2.05) is 13.0 Å². The average molecular weight is 278 g/mol. The van der Waals surface area contributed by atoms with Gasteiger partial charge in [-0.05, 0) is 37.8 Å². The zero-order valence-electron chi connectivity index (χ0n) is 12.6. The summed E-state index contributed by atoms with van der Waals surface area (Å²) >= 11 is 0. The lowest BCUT2D eigenvalue weighted by Gasteiger charge is -2.33. The Balaban J connectivity index is 2.41. The molecule has 0 aromatic carbocycles. The molecule has 0 radical (unpaired) electrons. The summed E-state index contributed by atoms with van der Waals surface area (Å²) < 4.78 is 10.5. The summed E-state index contributed by atoms with van der Waals surface area (Å²) in [5.74, 6) is -0.161. The van der Waals surface area contributed by atoms with E-state index >= 15 is 0 Å². The molecule has 1 saturated heterocycles. The van der Waals surface area contributed by atoms with Gasteiger partial charge in [0, 0.05) is 24.3 Å². The van der Waals surface area contributed by atoms with E-state index in [4.69, 9.17) is 9.47 Å². The number of ether oxygens (including phenoxy) is 2. The minimum absolute atomic E-state index is 0.123. The van der Waals surface area contributed by atoms with Crippen molar-refractivity contribution in [2.75, 3.05) is 7.11 Å². The van der Waals surface area contributed by atoms with E-state index in [-0.39, 0.29) is 17.9 Å². The second kappa shape index (κ2) is 5.43.